The molecule has 0 amide bonds. The van der Waals surface area contributed by atoms with Crippen LogP contribution in [0.15, 0.2) is 0 Å². The number of carbonyl (C=O) groups is 2. The van der Waals surface area contributed by atoms with Gasteiger partial charge in [0.15, 0.2) is 0 Å². The monoisotopic (exact) mass is 173 g/mol. The molecule has 1 N–H and O–H groups in total. The number of hydrogen-bond donors (Lipinski definition) is 1. The third-order valence-electron chi connectivity index (χ3n) is 1.27. The Bertz CT molecular complexity index is 153. The second-order valence-corrected chi connectivity index (χ2v) is 2.33. The summed E-state index contributed by atoms with van der Waals surface area (Å²) in [5, 5.41) is 8.26. The second kappa shape index (κ2) is 6.64. The summed E-state index contributed by atoms with van der Waals surface area (Å²) in [6, 6.07) is 0. The third kappa shape index (κ3) is 7.05. The molecule has 0 aromatic rings. The number of carbonyl (C=O) groups excluding carboxylic acids is 1. The van der Waals surface area contributed by atoms with Gasteiger partial charge in [-0.2, -0.15) is 0 Å². The molecule has 0 saturated heterocycles. The predicted molar refractivity (Wildman–Crippen MR) is 42.2 cm³/mol. The van der Waals surface area contributed by atoms with Crippen LogP contribution in [0, 0.1) is 6.61 Å². The molecule has 0 fully saturated rings. The summed E-state index contributed by atoms with van der Waals surface area (Å²) in [4.78, 5) is 20.7. The fraction of sp³-hybridized carbons (Fsp3) is 0.625. The molecule has 4 heteroatoms. The van der Waals surface area contributed by atoms with Gasteiger partial charge in [0.25, 0.3) is 0 Å². The number of unbranched alkanes of at least 4 members (excludes halogenated alkanes) is 1. The Hall–Kier alpha value is -1.06. The van der Waals surface area contributed by atoms with E-state index in [1.54, 1.807) is 6.92 Å². The van der Waals surface area contributed by atoms with Crippen LogP contribution in [-0.2, 0) is 14.3 Å². The fourth-order valence-electron chi connectivity index (χ4n) is 0.736. The fourth-order valence-corrected chi connectivity index (χ4v) is 0.736. The number of carboxylic acids is 1. The van der Waals surface area contributed by atoms with Gasteiger partial charge in [0, 0.05) is 12.8 Å². The van der Waals surface area contributed by atoms with Crippen LogP contribution in [0.3, 0.4) is 0 Å². The Morgan fingerprint density at radius 2 is 1.92 bits per heavy atom. The maximum atomic E-state index is 10.7. The lowest BCUT2D eigenvalue weighted by atomic mass is 10.2. The summed E-state index contributed by atoms with van der Waals surface area (Å²) in [7, 11) is 0. The highest BCUT2D eigenvalue weighted by Crippen LogP contribution is 2.01. The van der Waals surface area contributed by atoms with Crippen LogP contribution in [0.2, 0.25) is 0 Å². The van der Waals surface area contributed by atoms with Crippen molar-refractivity contribution in [2.24, 2.45) is 0 Å². The molecule has 0 aliphatic carbocycles. The Morgan fingerprint density at radius 1 is 1.33 bits per heavy atom. The number of carboxylic acid groups (broad SMARTS) is 1. The van der Waals surface area contributed by atoms with Gasteiger partial charge in [-0.1, -0.05) is 0 Å². The molecule has 1 radical (unpaired) electrons. The van der Waals surface area contributed by atoms with E-state index in [-0.39, 0.29) is 18.8 Å². The van der Waals surface area contributed by atoms with E-state index in [0.29, 0.717) is 12.8 Å². The molecule has 0 aromatic carbocycles. The highest BCUT2D eigenvalue weighted by atomic mass is 16.5. The first-order chi connectivity index (χ1) is 5.66. The van der Waals surface area contributed by atoms with Crippen molar-refractivity contribution in [2.45, 2.75) is 32.6 Å². The molecule has 0 heterocycles. The molecule has 0 aliphatic heterocycles. The Labute approximate surface area is 71.5 Å². The summed E-state index contributed by atoms with van der Waals surface area (Å²) >= 11 is 0. The van der Waals surface area contributed by atoms with E-state index in [9.17, 15) is 9.59 Å². The quantitative estimate of drug-likeness (QED) is 0.486. The Morgan fingerprint density at radius 3 is 2.42 bits per heavy atom. The van der Waals surface area contributed by atoms with Crippen molar-refractivity contribution in [3.63, 3.8) is 0 Å². The first-order valence-corrected chi connectivity index (χ1v) is 3.86. The molecule has 0 bridgehead atoms. The van der Waals surface area contributed by atoms with Crippen LogP contribution in [-0.4, -0.2) is 17.0 Å². The minimum absolute atomic E-state index is 0.114. The largest absolute Gasteiger partial charge is 0.481 e. The van der Waals surface area contributed by atoms with Crippen LogP contribution in [0.1, 0.15) is 32.6 Å². The van der Waals surface area contributed by atoms with Gasteiger partial charge in [0.05, 0.1) is 0 Å². The normalized spacial score (nSPS) is 9.42. The molecule has 4 nitrogen and oxygen atoms in total. The zero-order chi connectivity index (χ0) is 9.40. The zero-order valence-electron chi connectivity index (χ0n) is 7.08. The summed E-state index contributed by atoms with van der Waals surface area (Å²) < 4.78 is 4.54. The van der Waals surface area contributed by atoms with Crippen molar-refractivity contribution in [3.8, 4) is 0 Å². The lowest BCUT2D eigenvalue weighted by molar-refractivity contribution is -0.141. The van der Waals surface area contributed by atoms with Gasteiger partial charge in [-0.05, 0) is 19.8 Å². The molecule has 0 unspecified atom stereocenters. The Kier molecular flexibility index (Phi) is 6.05. The van der Waals surface area contributed by atoms with Crippen LogP contribution in [0.25, 0.3) is 0 Å². The summed E-state index contributed by atoms with van der Waals surface area (Å²) in [5.74, 6) is -1.13. The lowest BCUT2D eigenvalue weighted by Crippen LogP contribution is -2.01. The third-order valence-corrected chi connectivity index (χ3v) is 1.27. The van der Waals surface area contributed by atoms with Crippen molar-refractivity contribution in [1.29, 1.82) is 0 Å². The average molecular weight is 173 g/mol. The minimum atomic E-state index is -0.828. The number of aliphatic carboxylic acids is 1. The van der Waals surface area contributed by atoms with Crippen molar-refractivity contribution < 1.29 is 19.4 Å². The molecular weight excluding hydrogens is 160 g/mol. The van der Waals surface area contributed by atoms with Crippen molar-refractivity contribution in [2.75, 3.05) is 0 Å². The molecule has 12 heavy (non-hydrogen) atoms. The van der Waals surface area contributed by atoms with E-state index in [2.05, 4.69) is 4.74 Å². The van der Waals surface area contributed by atoms with Crippen LogP contribution < -0.4 is 0 Å². The van der Waals surface area contributed by atoms with E-state index in [1.807, 2.05) is 0 Å². The average Bonchev–Trinajstić information content (AvgIpc) is 1.98. The Balaban J connectivity index is 3.19. The second-order valence-electron chi connectivity index (χ2n) is 2.33. The number of rotatable bonds is 6. The van der Waals surface area contributed by atoms with Crippen LogP contribution in [0.4, 0.5) is 0 Å². The van der Waals surface area contributed by atoms with E-state index < -0.39 is 5.97 Å². The topological polar surface area (TPSA) is 63.6 Å². The molecule has 0 rings (SSSR count). The molecule has 0 spiro atoms. The molecule has 0 aromatic heterocycles. The molecule has 0 atom stereocenters. The summed E-state index contributed by atoms with van der Waals surface area (Å²) in [6.07, 6.45) is 1.49. The van der Waals surface area contributed by atoms with E-state index in [0.717, 1.165) is 0 Å². The molecular formula is C8H13O4. The van der Waals surface area contributed by atoms with Crippen LogP contribution >= 0.6 is 0 Å². The van der Waals surface area contributed by atoms with E-state index >= 15 is 0 Å². The lowest BCUT2D eigenvalue weighted by Gasteiger charge is -1.99. The van der Waals surface area contributed by atoms with Gasteiger partial charge in [0.1, 0.15) is 6.61 Å². The number of esters is 1. The van der Waals surface area contributed by atoms with Gasteiger partial charge in [-0.3, -0.25) is 9.59 Å². The maximum absolute atomic E-state index is 10.7. The summed E-state index contributed by atoms with van der Waals surface area (Å²) in [5.41, 5.74) is 0. The SMILES string of the molecule is C[CH]OC(=O)CCCCC(=O)O. The smallest absolute Gasteiger partial charge is 0.306 e. The standard InChI is InChI=1S/C8H13O4/c1-2-12-8(11)6-4-3-5-7(9)10/h2H,3-6H2,1H3,(H,9,10). The van der Waals surface area contributed by atoms with Crippen molar-refractivity contribution >= 4 is 11.9 Å². The molecule has 0 aliphatic rings. The molecule has 0 saturated carbocycles. The van der Waals surface area contributed by atoms with E-state index in [1.165, 1.54) is 6.61 Å². The van der Waals surface area contributed by atoms with Gasteiger partial charge >= 0.3 is 11.9 Å². The minimum Gasteiger partial charge on any atom is -0.481 e. The number of ether oxygens (including phenoxy) is 1. The van der Waals surface area contributed by atoms with Crippen LogP contribution in [0.5, 0.6) is 0 Å². The van der Waals surface area contributed by atoms with Gasteiger partial charge in [0.2, 0.25) is 0 Å². The highest BCUT2D eigenvalue weighted by molar-refractivity contribution is 5.70. The van der Waals surface area contributed by atoms with E-state index in [4.69, 9.17) is 5.11 Å². The van der Waals surface area contributed by atoms with Gasteiger partial charge < -0.3 is 9.84 Å². The predicted octanol–water partition coefficient (Wildman–Crippen LogP) is 1.36. The maximum Gasteiger partial charge on any atom is 0.306 e. The summed E-state index contributed by atoms with van der Waals surface area (Å²) in [6.45, 7) is 2.94. The van der Waals surface area contributed by atoms with Gasteiger partial charge in [-0.15, -0.1) is 0 Å². The van der Waals surface area contributed by atoms with Crippen molar-refractivity contribution in [1.82, 2.24) is 0 Å². The highest BCUT2D eigenvalue weighted by Gasteiger charge is 2.02. The first-order valence-electron chi connectivity index (χ1n) is 3.86. The molecule has 69 valence electrons. The van der Waals surface area contributed by atoms with Crippen molar-refractivity contribution in [3.05, 3.63) is 6.61 Å². The zero-order valence-corrected chi connectivity index (χ0v) is 7.08. The first kappa shape index (κ1) is 10.9. The number of hydrogen-bond acceptors (Lipinski definition) is 3. The van der Waals surface area contributed by atoms with Gasteiger partial charge in [-0.25, -0.2) is 0 Å².